The maximum Gasteiger partial charge on any atom is 0.185 e. The minimum Gasteiger partial charge on any atom is -0.297 e. The summed E-state index contributed by atoms with van der Waals surface area (Å²) in [6.45, 7) is 1.99. The fraction of sp³-hybridized carbons (Fsp3) is 0.0909. The quantitative estimate of drug-likeness (QED) is 0.782. The van der Waals surface area contributed by atoms with E-state index in [-0.39, 0.29) is 0 Å². The predicted molar refractivity (Wildman–Crippen MR) is 61.4 cm³/mol. The summed E-state index contributed by atoms with van der Waals surface area (Å²) in [7, 11) is 0. The molecule has 3 nitrogen and oxygen atoms in total. The number of hydrogen-bond acceptors (Lipinski definition) is 2. The average Bonchev–Trinajstić information content (AvgIpc) is 2.70. The van der Waals surface area contributed by atoms with Crippen molar-refractivity contribution in [2.45, 2.75) is 6.92 Å². The minimum absolute atomic E-state index is 0.413. The SMILES string of the molecule is Cc1c(Br)cccc1-n1ccnc1C=O. The Morgan fingerprint density at radius 2 is 2.27 bits per heavy atom. The van der Waals surface area contributed by atoms with Crippen LogP contribution in [-0.4, -0.2) is 15.8 Å². The van der Waals surface area contributed by atoms with Crippen LogP contribution < -0.4 is 0 Å². The predicted octanol–water partition coefficient (Wildman–Crippen LogP) is 2.76. The van der Waals surface area contributed by atoms with Gasteiger partial charge in [-0.25, -0.2) is 4.98 Å². The Labute approximate surface area is 95.9 Å². The number of hydrogen-bond donors (Lipinski definition) is 0. The van der Waals surface area contributed by atoms with Crippen LogP contribution in [0.1, 0.15) is 16.2 Å². The van der Waals surface area contributed by atoms with E-state index < -0.39 is 0 Å². The van der Waals surface area contributed by atoms with Gasteiger partial charge in [-0.1, -0.05) is 22.0 Å². The fourth-order valence-electron chi connectivity index (χ4n) is 1.46. The van der Waals surface area contributed by atoms with Crippen LogP contribution in [0, 0.1) is 6.92 Å². The number of benzene rings is 1. The van der Waals surface area contributed by atoms with Crippen molar-refractivity contribution in [1.82, 2.24) is 9.55 Å². The first-order chi connectivity index (χ1) is 7.24. The van der Waals surface area contributed by atoms with E-state index in [4.69, 9.17) is 0 Å². The Morgan fingerprint density at radius 1 is 1.47 bits per heavy atom. The zero-order chi connectivity index (χ0) is 10.8. The maximum absolute atomic E-state index is 10.8. The molecule has 15 heavy (non-hydrogen) atoms. The van der Waals surface area contributed by atoms with Crippen LogP contribution in [-0.2, 0) is 0 Å². The third-order valence-electron chi connectivity index (χ3n) is 2.27. The van der Waals surface area contributed by atoms with Gasteiger partial charge in [-0.05, 0) is 24.6 Å². The monoisotopic (exact) mass is 264 g/mol. The van der Waals surface area contributed by atoms with Gasteiger partial charge >= 0.3 is 0 Å². The van der Waals surface area contributed by atoms with Crippen molar-refractivity contribution in [3.8, 4) is 5.69 Å². The van der Waals surface area contributed by atoms with E-state index in [0.717, 1.165) is 22.0 Å². The van der Waals surface area contributed by atoms with E-state index in [2.05, 4.69) is 20.9 Å². The van der Waals surface area contributed by atoms with Gasteiger partial charge in [-0.15, -0.1) is 0 Å². The molecule has 0 aliphatic carbocycles. The van der Waals surface area contributed by atoms with Crippen LogP contribution in [0.4, 0.5) is 0 Å². The number of aldehydes is 1. The highest BCUT2D eigenvalue weighted by molar-refractivity contribution is 9.10. The molecule has 1 aromatic heterocycles. The minimum atomic E-state index is 0.413. The smallest absolute Gasteiger partial charge is 0.185 e. The Kier molecular flexibility index (Phi) is 2.68. The van der Waals surface area contributed by atoms with Crippen molar-refractivity contribution >= 4 is 22.2 Å². The largest absolute Gasteiger partial charge is 0.297 e. The van der Waals surface area contributed by atoms with Crippen molar-refractivity contribution in [2.24, 2.45) is 0 Å². The topological polar surface area (TPSA) is 34.9 Å². The van der Waals surface area contributed by atoms with Crippen LogP contribution in [0.5, 0.6) is 0 Å². The molecule has 0 atom stereocenters. The Hall–Kier alpha value is -1.42. The molecular formula is C11H9BrN2O. The Balaban J connectivity index is 2.64. The van der Waals surface area contributed by atoms with E-state index in [1.54, 1.807) is 17.0 Å². The number of carbonyl (C=O) groups is 1. The van der Waals surface area contributed by atoms with Gasteiger partial charge in [0, 0.05) is 16.9 Å². The van der Waals surface area contributed by atoms with E-state index in [1.165, 1.54) is 0 Å². The fourth-order valence-corrected chi connectivity index (χ4v) is 1.82. The molecule has 1 aromatic carbocycles. The van der Waals surface area contributed by atoms with Crippen LogP contribution in [0.25, 0.3) is 5.69 Å². The molecule has 0 spiro atoms. The van der Waals surface area contributed by atoms with Gasteiger partial charge in [-0.2, -0.15) is 0 Å². The summed E-state index contributed by atoms with van der Waals surface area (Å²) in [4.78, 5) is 14.7. The molecule has 0 unspecified atom stereocenters. The summed E-state index contributed by atoms with van der Waals surface area (Å²) in [6.07, 6.45) is 4.14. The average molecular weight is 265 g/mol. The lowest BCUT2D eigenvalue weighted by Crippen LogP contribution is -2.01. The number of aromatic nitrogens is 2. The zero-order valence-corrected chi connectivity index (χ0v) is 9.73. The molecular weight excluding hydrogens is 256 g/mol. The van der Waals surface area contributed by atoms with Crippen molar-refractivity contribution in [1.29, 1.82) is 0 Å². The second-order valence-electron chi connectivity index (χ2n) is 3.16. The zero-order valence-electron chi connectivity index (χ0n) is 8.14. The molecule has 2 aromatic rings. The summed E-state index contributed by atoms with van der Waals surface area (Å²) in [5.74, 6) is 0.413. The molecule has 1 heterocycles. The second kappa shape index (κ2) is 3.98. The number of nitrogens with zero attached hydrogens (tertiary/aromatic N) is 2. The first-order valence-electron chi connectivity index (χ1n) is 4.48. The number of halogens is 1. The number of rotatable bonds is 2. The molecule has 0 N–H and O–H groups in total. The van der Waals surface area contributed by atoms with E-state index in [1.807, 2.05) is 25.1 Å². The summed E-state index contributed by atoms with van der Waals surface area (Å²) >= 11 is 3.46. The number of carbonyl (C=O) groups excluding carboxylic acids is 1. The highest BCUT2D eigenvalue weighted by atomic mass is 79.9. The third kappa shape index (κ3) is 1.72. The standard InChI is InChI=1S/C11H9BrN2O/c1-8-9(12)3-2-4-10(8)14-6-5-13-11(14)7-15/h2-7H,1H3. The lowest BCUT2D eigenvalue weighted by atomic mass is 10.2. The summed E-state index contributed by atoms with van der Waals surface area (Å²) < 4.78 is 2.79. The van der Waals surface area contributed by atoms with Crippen molar-refractivity contribution in [2.75, 3.05) is 0 Å². The van der Waals surface area contributed by atoms with Crippen molar-refractivity contribution < 1.29 is 4.79 Å². The normalized spacial score (nSPS) is 10.3. The van der Waals surface area contributed by atoms with Crippen LogP contribution in [0.2, 0.25) is 0 Å². The van der Waals surface area contributed by atoms with Crippen LogP contribution in [0.3, 0.4) is 0 Å². The molecule has 0 radical (unpaired) electrons. The third-order valence-corrected chi connectivity index (χ3v) is 3.13. The molecule has 0 amide bonds. The van der Waals surface area contributed by atoms with Gasteiger partial charge in [0.1, 0.15) is 0 Å². The Bertz CT molecular complexity index is 505. The number of imidazole rings is 1. The van der Waals surface area contributed by atoms with Crippen molar-refractivity contribution in [3.05, 3.63) is 46.5 Å². The summed E-state index contributed by atoms with van der Waals surface area (Å²) in [6, 6.07) is 5.85. The molecule has 0 bridgehead atoms. The molecule has 4 heteroatoms. The van der Waals surface area contributed by atoms with Crippen LogP contribution >= 0.6 is 15.9 Å². The van der Waals surface area contributed by atoms with Crippen molar-refractivity contribution in [3.63, 3.8) is 0 Å². The van der Waals surface area contributed by atoms with E-state index in [9.17, 15) is 4.79 Å². The van der Waals surface area contributed by atoms with Gasteiger partial charge in [-0.3, -0.25) is 9.36 Å². The molecule has 0 aliphatic rings. The van der Waals surface area contributed by atoms with Gasteiger partial charge in [0.25, 0.3) is 0 Å². The van der Waals surface area contributed by atoms with Gasteiger partial charge in [0.2, 0.25) is 0 Å². The molecule has 0 saturated heterocycles. The first-order valence-corrected chi connectivity index (χ1v) is 5.27. The van der Waals surface area contributed by atoms with Gasteiger partial charge in [0.15, 0.2) is 12.1 Å². The molecule has 76 valence electrons. The molecule has 0 aliphatic heterocycles. The summed E-state index contributed by atoms with van der Waals surface area (Å²) in [5, 5.41) is 0. The van der Waals surface area contributed by atoms with Gasteiger partial charge < -0.3 is 0 Å². The lowest BCUT2D eigenvalue weighted by molar-refractivity contribution is 0.111. The molecule has 0 saturated carbocycles. The maximum atomic E-state index is 10.8. The second-order valence-corrected chi connectivity index (χ2v) is 4.01. The molecule has 0 fully saturated rings. The Morgan fingerprint density at radius 3 is 3.00 bits per heavy atom. The molecule has 2 rings (SSSR count). The van der Waals surface area contributed by atoms with E-state index >= 15 is 0 Å². The van der Waals surface area contributed by atoms with Gasteiger partial charge in [0.05, 0.1) is 5.69 Å². The highest BCUT2D eigenvalue weighted by Crippen LogP contribution is 2.23. The lowest BCUT2D eigenvalue weighted by Gasteiger charge is -2.09. The summed E-state index contributed by atoms with van der Waals surface area (Å²) in [5.41, 5.74) is 2.04. The highest BCUT2D eigenvalue weighted by Gasteiger charge is 2.07. The van der Waals surface area contributed by atoms with E-state index in [0.29, 0.717) is 5.82 Å². The first kappa shape index (κ1) is 10.1. The van der Waals surface area contributed by atoms with Crippen LogP contribution in [0.15, 0.2) is 35.1 Å².